The summed E-state index contributed by atoms with van der Waals surface area (Å²) in [4.78, 5) is 13.1. The van der Waals surface area contributed by atoms with Gasteiger partial charge in [0.15, 0.2) is 6.29 Å². The molecule has 0 aromatic carbocycles. The monoisotopic (exact) mass is 1190 g/mol. The van der Waals surface area contributed by atoms with Crippen molar-refractivity contribution in [3.63, 3.8) is 0 Å². The van der Waals surface area contributed by atoms with E-state index < -0.39 is 49.5 Å². The van der Waals surface area contributed by atoms with Gasteiger partial charge in [0.1, 0.15) is 24.4 Å². The largest absolute Gasteiger partial charge is 0.394 e. The second kappa shape index (κ2) is 64.6. The Morgan fingerprint density at radius 1 is 0.412 bits per heavy atom. The quantitative estimate of drug-likeness (QED) is 0.0261. The summed E-state index contributed by atoms with van der Waals surface area (Å²) in [6.45, 7) is 3.71. The maximum atomic E-state index is 13.1. The molecule has 85 heavy (non-hydrogen) atoms. The fourth-order valence-electron chi connectivity index (χ4n) is 11.6. The average molecular weight is 1190 g/mol. The Bertz CT molecular complexity index is 1570. The van der Waals surface area contributed by atoms with Crippen LogP contribution in [0, 0.1) is 0 Å². The van der Waals surface area contributed by atoms with E-state index in [-0.39, 0.29) is 12.5 Å². The smallest absolute Gasteiger partial charge is 0.220 e. The molecule has 1 fully saturated rings. The summed E-state index contributed by atoms with van der Waals surface area (Å²) < 4.78 is 11.3. The summed E-state index contributed by atoms with van der Waals surface area (Å²) in [6.07, 6.45) is 84.4. The van der Waals surface area contributed by atoms with Gasteiger partial charge in [0.2, 0.25) is 5.91 Å². The van der Waals surface area contributed by atoms with E-state index in [2.05, 4.69) is 79.9 Å². The van der Waals surface area contributed by atoms with E-state index in [1.165, 1.54) is 257 Å². The highest BCUT2D eigenvalue weighted by atomic mass is 16.7. The number of carbonyl (C=O) groups is 1. The molecule has 496 valence electrons. The lowest BCUT2D eigenvalue weighted by Crippen LogP contribution is -2.60. The first kappa shape index (κ1) is 80.6. The zero-order valence-corrected chi connectivity index (χ0v) is 55.6. The van der Waals surface area contributed by atoms with Crippen LogP contribution in [-0.2, 0) is 14.3 Å². The predicted octanol–water partition coefficient (Wildman–Crippen LogP) is 20.3. The van der Waals surface area contributed by atoms with Crippen molar-refractivity contribution >= 4 is 5.91 Å². The van der Waals surface area contributed by atoms with Crippen molar-refractivity contribution in [2.24, 2.45) is 0 Å². The topological polar surface area (TPSA) is 149 Å². The van der Waals surface area contributed by atoms with Crippen molar-refractivity contribution < 1.29 is 39.8 Å². The molecule has 0 saturated carbocycles. The van der Waals surface area contributed by atoms with E-state index in [9.17, 15) is 30.3 Å². The van der Waals surface area contributed by atoms with Gasteiger partial charge >= 0.3 is 0 Å². The second-order valence-corrected chi connectivity index (χ2v) is 25.4. The van der Waals surface area contributed by atoms with Gasteiger partial charge in [0, 0.05) is 6.42 Å². The van der Waals surface area contributed by atoms with Gasteiger partial charge in [-0.15, -0.1) is 0 Å². The number of aliphatic hydroxyl groups excluding tert-OH is 5. The van der Waals surface area contributed by atoms with Crippen LogP contribution in [0.4, 0.5) is 0 Å². The molecule has 1 rings (SSSR count). The minimum absolute atomic E-state index is 0.173. The molecule has 1 amide bonds. The Balaban J connectivity index is 2.11. The van der Waals surface area contributed by atoms with Crippen molar-refractivity contribution in [2.45, 2.75) is 391 Å². The fraction of sp³-hybridized carbons (Fsp3) is 0.829. The number of nitrogens with one attached hydrogen (secondary N) is 1. The maximum absolute atomic E-state index is 13.1. The third kappa shape index (κ3) is 53.2. The van der Waals surface area contributed by atoms with Gasteiger partial charge in [-0.25, -0.2) is 0 Å². The Morgan fingerprint density at radius 3 is 1.08 bits per heavy atom. The lowest BCUT2D eigenvalue weighted by molar-refractivity contribution is -0.302. The summed E-state index contributed by atoms with van der Waals surface area (Å²) in [7, 11) is 0. The molecule has 1 aliphatic rings. The van der Waals surface area contributed by atoms with Gasteiger partial charge in [0.25, 0.3) is 0 Å². The van der Waals surface area contributed by atoms with Crippen molar-refractivity contribution in [2.75, 3.05) is 13.2 Å². The van der Waals surface area contributed by atoms with Crippen molar-refractivity contribution in [1.29, 1.82) is 0 Å². The van der Waals surface area contributed by atoms with E-state index in [4.69, 9.17) is 9.47 Å². The molecule has 0 bridgehead atoms. The van der Waals surface area contributed by atoms with Crippen LogP contribution in [0.5, 0.6) is 0 Å². The van der Waals surface area contributed by atoms with Crippen LogP contribution in [-0.4, -0.2) is 87.5 Å². The molecule has 7 unspecified atom stereocenters. The number of unbranched alkanes of at least 4 members (excludes halogenated alkanes) is 44. The van der Waals surface area contributed by atoms with Crippen molar-refractivity contribution in [3.05, 3.63) is 72.9 Å². The Morgan fingerprint density at radius 2 is 0.729 bits per heavy atom. The SMILES string of the molecule is CC/C=C\C/C=C\C/C=C\C/C=C\C/C=C\CCCCCCCCCCCCCCCCCCCC(=O)NC(COC1OC(CO)C(O)C(O)C1O)C(O)/C=C/CCCCCCCCCCCCCCCCCCCCCCCCCCCCC. The van der Waals surface area contributed by atoms with Crippen molar-refractivity contribution in [3.8, 4) is 0 Å². The molecule has 0 aromatic rings. The third-order valence-corrected chi connectivity index (χ3v) is 17.3. The molecule has 1 aliphatic heterocycles. The van der Waals surface area contributed by atoms with Crippen LogP contribution < -0.4 is 5.32 Å². The Labute approximate surface area is 525 Å². The minimum Gasteiger partial charge on any atom is -0.394 e. The molecule has 9 nitrogen and oxygen atoms in total. The maximum Gasteiger partial charge on any atom is 0.220 e. The van der Waals surface area contributed by atoms with E-state index in [1.54, 1.807) is 6.08 Å². The highest BCUT2D eigenvalue weighted by Gasteiger charge is 2.44. The predicted molar refractivity (Wildman–Crippen MR) is 364 cm³/mol. The van der Waals surface area contributed by atoms with Crippen LogP contribution in [0.3, 0.4) is 0 Å². The summed E-state index contributed by atoms with van der Waals surface area (Å²) in [5, 5.41) is 54.8. The number of ether oxygens (including phenoxy) is 2. The van der Waals surface area contributed by atoms with Gasteiger partial charge in [-0.1, -0.05) is 350 Å². The van der Waals surface area contributed by atoms with Crippen LogP contribution >= 0.6 is 0 Å². The van der Waals surface area contributed by atoms with E-state index >= 15 is 0 Å². The van der Waals surface area contributed by atoms with Crippen LogP contribution in [0.25, 0.3) is 0 Å². The van der Waals surface area contributed by atoms with E-state index in [0.29, 0.717) is 6.42 Å². The second-order valence-electron chi connectivity index (χ2n) is 25.4. The fourth-order valence-corrected chi connectivity index (χ4v) is 11.6. The zero-order valence-electron chi connectivity index (χ0n) is 55.6. The minimum atomic E-state index is -1.57. The first-order valence-corrected chi connectivity index (χ1v) is 36.7. The Kier molecular flexibility index (Phi) is 61.3. The van der Waals surface area contributed by atoms with Gasteiger partial charge < -0.3 is 40.3 Å². The molecule has 1 saturated heterocycles. The number of carbonyl (C=O) groups excluding carboxylic acids is 1. The lowest BCUT2D eigenvalue weighted by atomic mass is 9.99. The van der Waals surface area contributed by atoms with E-state index in [0.717, 1.165) is 70.6 Å². The van der Waals surface area contributed by atoms with Crippen LogP contribution in [0.1, 0.15) is 348 Å². The normalized spacial score (nSPS) is 18.5. The standard InChI is InChI=1S/C76H139NO8/c1-3-5-7-9-11-13-15-17-19-21-23-25-27-29-31-33-34-35-36-38-40-42-44-46-48-50-52-54-56-58-60-62-64-66-72(80)77-69(68-84-76-75(83)74(82)73(81)71(67-78)85-76)70(79)65-63-61-59-57-55-53-51-49-47-45-43-41-39-37-32-30-28-26-24-22-20-18-16-14-12-10-8-6-4-2/h5,7,11,13,17,19,23,25,29,31,63,65,69-71,73-76,78-79,81-83H,3-4,6,8-10,12,14-16,18,20-22,24,26-28,30,32-62,64,66-68H2,1-2H3,(H,77,80)/b7-5-,13-11-,19-17-,25-23-,31-29-,65-63+. The molecule has 9 heteroatoms. The summed E-state index contributed by atoms with van der Waals surface area (Å²) in [5.74, 6) is -0.173. The number of hydrogen-bond donors (Lipinski definition) is 6. The molecular formula is C76H139NO8. The molecule has 7 atom stereocenters. The first-order chi connectivity index (χ1) is 41.8. The number of amides is 1. The van der Waals surface area contributed by atoms with Crippen LogP contribution in [0.2, 0.25) is 0 Å². The molecule has 0 radical (unpaired) electrons. The highest BCUT2D eigenvalue weighted by Crippen LogP contribution is 2.23. The number of aliphatic hydroxyl groups is 5. The number of allylic oxidation sites excluding steroid dienone is 11. The van der Waals surface area contributed by atoms with Gasteiger partial charge in [0.05, 0.1) is 25.4 Å². The summed E-state index contributed by atoms with van der Waals surface area (Å²) in [6, 6.07) is -0.809. The van der Waals surface area contributed by atoms with E-state index in [1.807, 2.05) is 6.08 Å². The molecule has 0 spiro atoms. The summed E-state index contributed by atoms with van der Waals surface area (Å²) in [5.41, 5.74) is 0. The molecule has 0 aliphatic carbocycles. The van der Waals surface area contributed by atoms with Crippen LogP contribution in [0.15, 0.2) is 72.9 Å². The molecular weight excluding hydrogens is 1050 g/mol. The van der Waals surface area contributed by atoms with Gasteiger partial charge in [-0.3, -0.25) is 4.79 Å². The third-order valence-electron chi connectivity index (χ3n) is 17.3. The molecule has 0 aromatic heterocycles. The van der Waals surface area contributed by atoms with Gasteiger partial charge in [-0.2, -0.15) is 0 Å². The lowest BCUT2D eigenvalue weighted by Gasteiger charge is -2.40. The molecule has 1 heterocycles. The first-order valence-electron chi connectivity index (χ1n) is 36.7. The number of hydrogen-bond acceptors (Lipinski definition) is 8. The average Bonchev–Trinajstić information content (AvgIpc) is 3.68. The summed E-state index contributed by atoms with van der Waals surface area (Å²) >= 11 is 0. The zero-order chi connectivity index (χ0) is 61.4. The Hall–Kier alpha value is -2.37. The number of rotatable bonds is 64. The molecule has 6 N–H and O–H groups in total. The van der Waals surface area contributed by atoms with Gasteiger partial charge in [-0.05, 0) is 64.2 Å². The van der Waals surface area contributed by atoms with Crippen molar-refractivity contribution in [1.82, 2.24) is 5.32 Å². The highest BCUT2D eigenvalue weighted by molar-refractivity contribution is 5.76.